The van der Waals surface area contributed by atoms with Crippen LogP contribution in [0.15, 0.2) is 65.3 Å². The average Bonchev–Trinajstić information content (AvgIpc) is 3.13. The van der Waals surface area contributed by atoms with Gasteiger partial charge >= 0.3 is 12.1 Å². The summed E-state index contributed by atoms with van der Waals surface area (Å²) in [4.78, 5) is 28.5. The number of aryl methyl sites for hydroxylation is 1. The molecule has 4 rings (SSSR count). The molecule has 0 spiro atoms. The number of ether oxygens (including phenoxy) is 1. The number of benzene rings is 2. The number of halogens is 4. The third kappa shape index (κ3) is 5.13. The van der Waals surface area contributed by atoms with Crippen LogP contribution < -0.4 is 5.73 Å². The first-order valence-electron chi connectivity index (χ1n) is 10.9. The van der Waals surface area contributed by atoms with Gasteiger partial charge in [-0.2, -0.15) is 13.2 Å². The smallest absolute Gasteiger partial charge is 0.416 e. The van der Waals surface area contributed by atoms with E-state index in [0.717, 1.165) is 23.1 Å². The summed E-state index contributed by atoms with van der Waals surface area (Å²) in [6, 6.07) is 13.7. The first kappa shape index (κ1) is 25.4. The molecule has 2 N–H and O–H groups in total. The molecular weight excluding hydrogens is 539 g/mol. The monoisotopic (exact) mass is 559 g/mol. The number of carbonyl (C=O) groups is 2. The van der Waals surface area contributed by atoms with Crippen molar-refractivity contribution in [3.05, 3.63) is 87.5 Å². The van der Waals surface area contributed by atoms with E-state index in [-0.39, 0.29) is 18.5 Å². The van der Waals surface area contributed by atoms with Gasteiger partial charge in [-0.05, 0) is 69.9 Å². The molecule has 0 fully saturated rings. The number of alkyl halides is 3. The fourth-order valence-corrected chi connectivity index (χ4v) is 4.82. The molecule has 10 heteroatoms. The molecule has 0 aliphatic carbocycles. The summed E-state index contributed by atoms with van der Waals surface area (Å²) in [6.45, 7) is 0.0600. The molecule has 0 atom stereocenters. The highest BCUT2D eigenvalue weighted by molar-refractivity contribution is 9.10. The van der Waals surface area contributed by atoms with Crippen molar-refractivity contribution >= 4 is 38.8 Å². The maximum atomic E-state index is 13.4. The molecule has 0 aliphatic heterocycles. The summed E-state index contributed by atoms with van der Waals surface area (Å²) >= 11 is 3.62. The predicted molar refractivity (Wildman–Crippen MR) is 132 cm³/mol. The lowest BCUT2D eigenvalue weighted by atomic mass is 9.98. The Kier molecular flexibility index (Phi) is 7.16. The number of nitrogens with two attached hydrogens (primary N) is 1. The minimum absolute atomic E-state index is 0.0600. The van der Waals surface area contributed by atoms with Crippen LogP contribution in [0.1, 0.15) is 33.5 Å². The van der Waals surface area contributed by atoms with Crippen molar-refractivity contribution < 1.29 is 27.5 Å². The van der Waals surface area contributed by atoms with E-state index in [1.54, 1.807) is 41.1 Å². The number of fused-ring (bicyclic) bond motifs is 1. The molecule has 2 heterocycles. The summed E-state index contributed by atoms with van der Waals surface area (Å²) in [5.41, 5.74) is 7.53. The molecule has 0 radical (unpaired) electrons. The number of primary amides is 1. The van der Waals surface area contributed by atoms with Gasteiger partial charge in [0, 0.05) is 30.1 Å². The Balaban J connectivity index is 1.94. The SMILES string of the molecule is COC(=O)c1ccc(CCC(N)=O)cc1-c1c(Br)c2cccnc2n1Cc1cccc(C(F)(F)F)c1. The lowest BCUT2D eigenvalue weighted by Gasteiger charge is -2.16. The number of hydrogen-bond acceptors (Lipinski definition) is 4. The molecule has 2 aromatic carbocycles. The first-order valence-corrected chi connectivity index (χ1v) is 11.7. The summed E-state index contributed by atoms with van der Waals surface area (Å²) in [6.07, 6.45) is -2.42. The van der Waals surface area contributed by atoms with Gasteiger partial charge in [-0.15, -0.1) is 0 Å². The van der Waals surface area contributed by atoms with E-state index >= 15 is 0 Å². The van der Waals surface area contributed by atoms with Crippen LogP contribution in [0.4, 0.5) is 13.2 Å². The lowest BCUT2D eigenvalue weighted by molar-refractivity contribution is -0.137. The van der Waals surface area contributed by atoms with Gasteiger partial charge < -0.3 is 15.0 Å². The van der Waals surface area contributed by atoms with Crippen LogP contribution >= 0.6 is 15.9 Å². The number of carbonyl (C=O) groups excluding carboxylic acids is 2. The van der Waals surface area contributed by atoms with Gasteiger partial charge in [-0.25, -0.2) is 9.78 Å². The quantitative estimate of drug-likeness (QED) is 0.292. The Morgan fingerprint density at radius 3 is 2.56 bits per heavy atom. The van der Waals surface area contributed by atoms with E-state index in [0.29, 0.717) is 33.4 Å². The maximum absolute atomic E-state index is 13.4. The van der Waals surface area contributed by atoms with Crippen LogP contribution in [0, 0.1) is 0 Å². The molecule has 6 nitrogen and oxygen atoms in total. The second-order valence-electron chi connectivity index (χ2n) is 8.16. The minimum atomic E-state index is -4.48. The highest BCUT2D eigenvalue weighted by atomic mass is 79.9. The number of esters is 1. The molecule has 0 saturated heterocycles. The predicted octanol–water partition coefficient (Wildman–Crippen LogP) is 5.74. The van der Waals surface area contributed by atoms with Crippen LogP contribution in [-0.4, -0.2) is 28.5 Å². The van der Waals surface area contributed by atoms with Crippen LogP contribution in [0.5, 0.6) is 0 Å². The molecule has 1 amide bonds. The summed E-state index contributed by atoms with van der Waals surface area (Å²) < 4.78 is 47.4. The second kappa shape index (κ2) is 10.1. The van der Waals surface area contributed by atoms with Crippen molar-refractivity contribution in [1.82, 2.24) is 9.55 Å². The van der Waals surface area contributed by atoms with Gasteiger partial charge in [0.15, 0.2) is 0 Å². The second-order valence-corrected chi connectivity index (χ2v) is 8.95. The fourth-order valence-electron chi connectivity index (χ4n) is 4.08. The van der Waals surface area contributed by atoms with Gasteiger partial charge in [0.1, 0.15) is 5.65 Å². The number of pyridine rings is 1. The van der Waals surface area contributed by atoms with Crippen molar-refractivity contribution in [2.24, 2.45) is 5.73 Å². The number of aromatic nitrogens is 2. The molecule has 0 unspecified atom stereocenters. The number of nitrogens with zero attached hydrogens (tertiary/aromatic N) is 2. The van der Waals surface area contributed by atoms with Crippen molar-refractivity contribution in [3.8, 4) is 11.3 Å². The summed E-state index contributed by atoms with van der Waals surface area (Å²) in [5.74, 6) is -1.04. The Morgan fingerprint density at radius 1 is 1.08 bits per heavy atom. The third-order valence-electron chi connectivity index (χ3n) is 5.76. The van der Waals surface area contributed by atoms with Crippen LogP contribution in [-0.2, 0) is 28.7 Å². The van der Waals surface area contributed by atoms with E-state index in [9.17, 15) is 22.8 Å². The van der Waals surface area contributed by atoms with Crippen molar-refractivity contribution in [3.63, 3.8) is 0 Å². The van der Waals surface area contributed by atoms with Crippen molar-refractivity contribution in [1.29, 1.82) is 0 Å². The molecule has 0 saturated carbocycles. The van der Waals surface area contributed by atoms with E-state index < -0.39 is 23.6 Å². The number of methoxy groups -OCH3 is 1. The number of rotatable bonds is 7. The minimum Gasteiger partial charge on any atom is -0.465 e. The molecule has 186 valence electrons. The topological polar surface area (TPSA) is 87.2 Å². The van der Waals surface area contributed by atoms with E-state index in [1.807, 2.05) is 6.07 Å². The highest BCUT2D eigenvalue weighted by Crippen LogP contribution is 2.40. The zero-order chi connectivity index (χ0) is 26.0. The zero-order valence-corrected chi connectivity index (χ0v) is 20.7. The summed E-state index contributed by atoms with van der Waals surface area (Å²) in [5, 5.41) is 0.720. The molecule has 0 bridgehead atoms. The maximum Gasteiger partial charge on any atom is 0.416 e. The van der Waals surface area contributed by atoms with E-state index in [2.05, 4.69) is 20.9 Å². The molecule has 0 aliphatic rings. The zero-order valence-electron chi connectivity index (χ0n) is 19.1. The fraction of sp³-hybridized carbons (Fsp3) is 0.192. The van der Waals surface area contributed by atoms with Crippen molar-refractivity contribution in [2.45, 2.75) is 25.6 Å². The third-order valence-corrected chi connectivity index (χ3v) is 6.56. The lowest BCUT2D eigenvalue weighted by Crippen LogP contribution is -2.12. The number of hydrogen-bond donors (Lipinski definition) is 1. The highest BCUT2D eigenvalue weighted by Gasteiger charge is 2.30. The van der Waals surface area contributed by atoms with Gasteiger partial charge in [-0.1, -0.05) is 18.2 Å². The Morgan fingerprint density at radius 2 is 1.86 bits per heavy atom. The van der Waals surface area contributed by atoms with Crippen molar-refractivity contribution in [2.75, 3.05) is 7.11 Å². The molecule has 4 aromatic rings. The summed E-state index contributed by atoms with van der Waals surface area (Å²) in [7, 11) is 1.27. The normalized spacial score (nSPS) is 11.6. The van der Waals surface area contributed by atoms with Crippen LogP contribution in [0.3, 0.4) is 0 Å². The Hall–Kier alpha value is -3.66. The van der Waals surface area contributed by atoms with Gasteiger partial charge in [0.25, 0.3) is 0 Å². The van der Waals surface area contributed by atoms with E-state index in [4.69, 9.17) is 10.5 Å². The molecular formula is C26H21BrF3N3O3. The van der Waals surface area contributed by atoms with Gasteiger partial charge in [-0.3, -0.25) is 4.79 Å². The molecule has 2 aromatic heterocycles. The Bertz CT molecular complexity index is 1460. The standard InChI is InChI=1S/C26H21BrF3N3O3/c1-36-25(35)18-9-7-15(8-10-21(31)34)13-20(18)23-22(27)19-6-3-11-32-24(19)33(23)14-16-4-2-5-17(12-16)26(28,29)30/h2-7,9,11-13H,8,10,14H2,1H3,(H2,31,34). The van der Waals surface area contributed by atoms with Gasteiger partial charge in [0.2, 0.25) is 5.91 Å². The van der Waals surface area contributed by atoms with Crippen LogP contribution in [0.25, 0.3) is 22.3 Å². The van der Waals surface area contributed by atoms with E-state index in [1.165, 1.54) is 13.2 Å². The Labute approximate surface area is 213 Å². The average molecular weight is 560 g/mol. The van der Waals surface area contributed by atoms with Gasteiger partial charge in [0.05, 0.1) is 28.4 Å². The first-order chi connectivity index (χ1) is 17.1. The largest absolute Gasteiger partial charge is 0.465 e. The molecule has 36 heavy (non-hydrogen) atoms. The van der Waals surface area contributed by atoms with Crippen LogP contribution in [0.2, 0.25) is 0 Å². The number of amides is 1.